The van der Waals surface area contributed by atoms with Crippen LogP contribution in [0.5, 0.6) is 0 Å². The molecule has 0 amide bonds. The van der Waals surface area contributed by atoms with E-state index >= 15 is 0 Å². The molecule has 0 N–H and O–H groups in total. The maximum absolute atomic E-state index is 3.46. The predicted molar refractivity (Wildman–Crippen MR) is 177 cm³/mol. The standard InChI is InChI=1S/C21H16P.C13H9.C5H8.Ti/c1-3-11-19(12-4-1)22(20-13-5-2-6-14-20)21-15-17-9-7-8-10-18(17)16-21;1-3-7-12-10(5-1)9-11-6-2-4-8-13(11)12;1-3-5-4-2;/h1-16H;1-5,7-8H,9H2;3-5H,1H2,2H3;/q2*-1;;+2. The summed E-state index contributed by atoms with van der Waals surface area (Å²) in [5.41, 5.74) is 5.51. The van der Waals surface area contributed by atoms with E-state index in [4.69, 9.17) is 0 Å². The second kappa shape index (κ2) is 15.4. The fourth-order valence-corrected chi connectivity index (χ4v) is 7.37. The molecule has 1 aliphatic rings. The van der Waals surface area contributed by atoms with Gasteiger partial charge in [-0.25, -0.2) is 0 Å². The smallest absolute Gasteiger partial charge is 0.179 e. The quantitative estimate of drug-likeness (QED) is 0.0843. The molecule has 0 aliphatic heterocycles. The Hall–Kier alpha value is -3.67. The van der Waals surface area contributed by atoms with E-state index in [-0.39, 0.29) is 21.7 Å². The first-order valence-corrected chi connectivity index (χ1v) is 15.0. The third-order valence-corrected chi connectivity index (χ3v) is 9.24. The van der Waals surface area contributed by atoms with Crippen LogP contribution in [0.1, 0.15) is 18.1 Å². The van der Waals surface area contributed by atoms with Crippen LogP contribution in [0, 0.1) is 6.07 Å². The summed E-state index contributed by atoms with van der Waals surface area (Å²) in [5.74, 6) is 0. The first-order chi connectivity index (χ1) is 19.8. The van der Waals surface area contributed by atoms with Gasteiger partial charge in [0.25, 0.3) is 0 Å². The first-order valence-electron chi connectivity index (χ1n) is 13.7. The summed E-state index contributed by atoms with van der Waals surface area (Å²) in [6.45, 7) is 5.42. The van der Waals surface area contributed by atoms with Crippen LogP contribution >= 0.6 is 7.92 Å². The van der Waals surface area contributed by atoms with Gasteiger partial charge in [-0.1, -0.05) is 127 Å². The number of hydrogen-bond acceptors (Lipinski definition) is 0. The predicted octanol–water partition coefficient (Wildman–Crippen LogP) is 9.12. The van der Waals surface area contributed by atoms with Gasteiger partial charge in [0.15, 0.2) is 0 Å². The largest absolute Gasteiger partial charge is 2.00 e. The molecule has 0 bridgehead atoms. The van der Waals surface area contributed by atoms with E-state index in [1.807, 2.05) is 25.1 Å². The van der Waals surface area contributed by atoms with E-state index in [2.05, 4.69) is 146 Å². The van der Waals surface area contributed by atoms with Gasteiger partial charge in [-0.3, -0.25) is 0 Å². The fraction of sp³-hybridized carbons (Fsp3) is 0.0513. The van der Waals surface area contributed by atoms with Crippen molar-refractivity contribution in [1.29, 1.82) is 0 Å². The second-order valence-electron chi connectivity index (χ2n) is 9.51. The number of rotatable bonds is 4. The van der Waals surface area contributed by atoms with Gasteiger partial charge < -0.3 is 0 Å². The molecule has 0 unspecified atom stereocenters. The molecule has 0 atom stereocenters. The molecule has 6 aromatic carbocycles. The van der Waals surface area contributed by atoms with E-state index < -0.39 is 7.92 Å². The van der Waals surface area contributed by atoms with Gasteiger partial charge in [0.2, 0.25) is 0 Å². The monoisotopic (exact) mass is 580 g/mol. The molecule has 0 radical (unpaired) electrons. The summed E-state index contributed by atoms with van der Waals surface area (Å²) in [6, 6.07) is 53.1. The molecule has 198 valence electrons. The summed E-state index contributed by atoms with van der Waals surface area (Å²) >= 11 is 0. The Morgan fingerprint density at radius 1 is 0.732 bits per heavy atom. The van der Waals surface area contributed by atoms with E-state index in [1.54, 1.807) is 6.08 Å². The van der Waals surface area contributed by atoms with Gasteiger partial charge in [0, 0.05) is 0 Å². The van der Waals surface area contributed by atoms with Crippen molar-refractivity contribution < 1.29 is 21.7 Å². The first kappa shape index (κ1) is 30.3. The van der Waals surface area contributed by atoms with Crippen LogP contribution in [0.25, 0.3) is 21.9 Å². The van der Waals surface area contributed by atoms with Crippen molar-refractivity contribution in [3.8, 4) is 11.1 Å². The van der Waals surface area contributed by atoms with Crippen molar-refractivity contribution in [1.82, 2.24) is 0 Å². The van der Waals surface area contributed by atoms with E-state index in [0.29, 0.717) is 0 Å². The Balaban J connectivity index is 0.000000173. The van der Waals surface area contributed by atoms with Crippen molar-refractivity contribution in [2.75, 3.05) is 0 Å². The van der Waals surface area contributed by atoms with Crippen LogP contribution in [-0.4, -0.2) is 0 Å². The van der Waals surface area contributed by atoms with Crippen molar-refractivity contribution in [2.24, 2.45) is 0 Å². The summed E-state index contributed by atoms with van der Waals surface area (Å²) in [6.07, 6.45) is 6.62. The Morgan fingerprint density at radius 3 is 1.98 bits per heavy atom. The van der Waals surface area contributed by atoms with Gasteiger partial charge >= 0.3 is 21.7 Å². The Labute approximate surface area is 261 Å². The van der Waals surface area contributed by atoms with Crippen LogP contribution < -0.4 is 15.9 Å². The maximum Gasteiger partial charge on any atom is 2.00 e. The number of benzene rings is 5. The summed E-state index contributed by atoms with van der Waals surface area (Å²) in [5, 5.41) is 6.89. The van der Waals surface area contributed by atoms with Crippen LogP contribution in [0.3, 0.4) is 0 Å². The SMILES string of the molecule is C=CC=CC.[Ti+2].[c-]1cccc2c1Cc1ccccc1-2.c1ccc(P(c2ccccc2)c2cc3ccccc3[cH-]2)cc1. The molecule has 0 heterocycles. The average Bonchev–Trinajstić information content (AvgIpc) is 3.61. The molecular weight excluding hydrogens is 547 g/mol. The van der Waals surface area contributed by atoms with E-state index in [9.17, 15) is 0 Å². The molecular formula is C39H33PTi. The molecule has 0 saturated carbocycles. The average molecular weight is 581 g/mol. The van der Waals surface area contributed by atoms with Gasteiger partial charge in [-0.05, 0) is 31.9 Å². The van der Waals surface area contributed by atoms with E-state index in [0.717, 1.165) is 6.42 Å². The van der Waals surface area contributed by atoms with Crippen molar-refractivity contribution in [2.45, 2.75) is 13.3 Å². The van der Waals surface area contributed by atoms with Gasteiger partial charge in [-0.2, -0.15) is 35.9 Å². The molecule has 1 aliphatic carbocycles. The van der Waals surface area contributed by atoms with Crippen LogP contribution in [-0.2, 0) is 28.1 Å². The normalized spacial score (nSPS) is 11.0. The molecule has 0 fully saturated rings. The maximum atomic E-state index is 3.46. The third-order valence-electron chi connectivity index (χ3n) is 6.83. The summed E-state index contributed by atoms with van der Waals surface area (Å²) in [7, 11) is -0.493. The van der Waals surface area contributed by atoms with Crippen LogP contribution in [0.15, 0.2) is 164 Å². The molecule has 0 saturated heterocycles. The molecule has 0 spiro atoms. The van der Waals surface area contributed by atoms with Crippen molar-refractivity contribution >= 4 is 34.6 Å². The van der Waals surface area contributed by atoms with Crippen LogP contribution in [0.4, 0.5) is 0 Å². The summed E-state index contributed by atoms with van der Waals surface area (Å²) in [4.78, 5) is 0. The van der Waals surface area contributed by atoms with E-state index in [1.165, 1.54) is 48.9 Å². The zero-order chi connectivity index (χ0) is 27.6. The van der Waals surface area contributed by atoms with Gasteiger partial charge in [0.1, 0.15) is 0 Å². The zero-order valence-corrected chi connectivity index (χ0v) is 25.8. The van der Waals surface area contributed by atoms with Gasteiger partial charge in [-0.15, -0.1) is 45.9 Å². The van der Waals surface area contributed by atoms with Gasteiger partial charge in [0.05, 0.1) is 0 Å². The Kier molecular flexibility index (Phi) is 11.4. The van der Waals surface area contributed by atoms with Crippen molar-refractivity contribution in [3.05, 3.63) is 182 Å². The minimum absolute atomic E-state index is 0. The fourth-order valence-electron chi connectivity index (χ4n) is 5.00. The van der Waals surface area contributed by atoms with Crippen molar-refractivity contribution in [3.63, 3.8) is 0 Å². The zero-order valence-electron chi connectivity index (χ0n) is 23.4. The molecule has 2 heteroatoms. The molecule has 0 nitrogen and oxygen atoms in total. The molecule has 6 aromatic rings. The third kappa shape index (κ3) is 7.55. The minimum atomic E-state index is -0.493. The summed E-state index contributed by atoms with van der Waals surface area (Å²) < 4.78 is 0. The number of fused-ring (bicyclic) bond motifs is 4. The Morgan fingerprint density at radius 2 is 1.34 bits per heavy atom. The molecule has 41 heavy (non-hydrogen) atoms. The minimum Gasteiger partial charge on any atom is -0.179 e. The number of hydrogen-bond donors (Lipinski definition) is 0. The number of allylic oxidation sites excluding steroid dienone is 3. The Bertz CT molecular complexity index is 1580. The van der Waals surface area contributed by atoms with Crippen LogP contribution in [0.2, 0.25) is 0 Å². The second-order valence-corrected chi connectivity index (χ2v) is 11.7. The molecule has 0 aromatic heterocycles. The topological polar surface area (TPSA) is 0 Å². The molecule has 7 rings (SSSR count).